The molecule has 2 unspecified atom stereocenters. The number of anilines is 2. The maximum Gasteiger partial charge on any atom is 0.337 e. The molecule has 5 N–H and O–H groups in total. The van der Waals surface area contributed by atoms with Crippen LogP contribution in [0.3, 0.4) is 0 Å². The van der Waals surface area contributed by atoms with Crippen LogP contribution in [-0.2, 0) is 0 Å². The van der Waals surface area contributed by atoms with Crippen LogP contribution in [0.2, 0.25) is 0 Å². The second kappa shape index (κ2) is 6.80. The highest BCUT2D eigenvalue weighted by molar-refractivity contribution is 5.95. The van der Waals surface area contributed by atoms with Crippen molar-refractivity contribution in [2.75, 3.05) is 24.2 Å². The standard InChI is InChI=1S/C16H24N2O3/c1-10-6-13(7-14(15(10)17)16(20)21)18-8-11-4-2-3-5-12(11)9-19/h6-7,11-12,18-19H,2-5,8-9,17H2,1H3,(H,20,21). The van der Waals surface area contributed by atoms with Gasteiger partial charge in [-0.05, 0) is 49.3 Å². The van der Waals surface area contributed by atoms with Crippen molar-refractivity contribution >= 4 is 17.3 Å². The Morgan fingerprint density at radius 1 is 1.33 bits per heavy atom. The molecule has 1 aliphatic rings. The van der Waals surface area contributed by atoms with E-state index in [1.165, 1.54) is 12.8 Å². The minimum atomic E-state index is -1.01. The van der Waals surface area contributed by atoms with Gasteiger partial charge in [-0.3, -0.25) is 0 Å². The molecule has 1 aromatic rings. The van der Waals surface area contributed by atoms with Crippen molar-refractivity contribution in [2.24, 2.45) is 11.8 Å². The van der Waals surface area contributed by atoms with E-state index in [0.717, 1.165) is 30.6 Å². The predicted octanol–water partition coefficient (Wildman–Crippen LogP) is 2.49. The van der Waals surface area contributed by atoms with Crippen molar-refractivity contribution in [3.8, 4) is 0 Å². The maximum atomic E-state index is 11.2. The Kier molecular flexibility index (Phi) is 5.07. The summed E-state index contributed by atoms with van der Waals surface area (Å²) in [5.41, 5.74) is 7.79. The van der Waals surface area contributed by atoms with Crippen LogP contribution in [0.1, 0.15) is 41.6 Å². The monoisotopic (exact) mass is 292 g/mol. The summed E-state index contributed by atoms with van der Waals surface area (Å²) in [5, 5.41) is 21.9. The summed E-state index contributed by atoms with van der Waals surface area (Å²) in [6, 6.07) is 3.46. The van der Waals surface area contributed by atoms with Gasteiger partial charge < -0.3 is 21.3 Å². The zero-order valence-electron chi connectivity index (χ0n) is 12.4. The second-order valence-electron chi connectivity index (χ2n) is 5.93. The third-order valence-corrected chi connectivity index (χ3v) is 4.49. The molecular weight excluding hydrogens is 268 g/mol. The van der Waals surface area contributed by atoms with Crippen LogP contribution < -0.4 is 11.1 Å². The molecule has 0 spiro atoms. The van der Waals surface area contributed by atoms with Gasteiger partial charge in [0.15, 0.2) is 0 Å². The molecule has 1 fully saturated rings. The fourth-order valence-electron chi connectivity index (χ4n) is 3.12. The molecule has 0 radical (unpaired) electrons. The van der Waals surface area contributed by atoms with Crippen molar-refractivity contribution in [2.45, 2.75) is 32.6 Å². The molecule has 0 amide bonds. The van der Waals surface area contributed by atoms with Gasteiger partial charge in [-0.1, -0.05) is 12.8 Å². The number of carboxylic acid groups (broad SMARTS) is 1. The van der Waals surface area contributed by atoms with E-state index in [0.29, 0.717) is 17.5 Å². The molecule has 1 saturated carbocycles. The lowest BCUT2D eigenvalue weighted by Crippen LogP contribution is -2.28. The van der Waals surface area contributed by atoms with Crippen molar-refractivity contribution in [1.29, 1.82) is 0 Å². The van der Waals surface area contributed by atoms with Crippen LogP contribution in [0.5, 0.6) is 0 Å². The zero-order valence-corrected chi connectivity index (χ0v) is 12.4. The number of hydrogen-bond donors (Lipinski definition) is 4. The van der Waals surface area contributed by atoms with Gasteiger partial charge in [-0.2, -0.15) is 0 Å². The van der Waals surface area contributed by atoms with Gasteiger partial charge in [0.2, 0.25) is 0 Å². The SMILES string of the molecule is Cc1cc(NCC2CCCCC2CO)cc(C(=O)O)c1N. The van der Waals surface area contributed by atoms with Crippen molar-refractivity contribution in [1.82, 2.24) is 0 Å². The molecule has 0 aliphatic heterocycles. The first-order valence-corrected chi connectivity index (χ1v) is 7.51. The van der Waals surface area contributed by atoms with E-state index >= 15 is 0 Å². The Morgan fingerprint density at radius 3 is 2.62 bits per heavy atom. The van der Waals surface area contributed by atoms with Crippen LogP contribution in [0, 0.1) is 18.8 Å². The summed E-state index contributed by atoms with van der Waals surface area (Å²) in [6.07, 6.45) is 4.57. The highest BCUT2D eigenvalue weighted by Gasteiger charge is 2.24. The average Bonchev–Trinajstić information content (AvgIpc) is 2.48. The molecule has 0 bridgehead atoms. The average molecular weight is 292 g/mol. The van der Waals surface area contributed by atoms with Gasteiger partial charge in [0, 0.05) is 24.5 Å². The number of aromatic carboxylic acids is 1. The Hall–Kier alpha value is -1.75. The van der Waals surface area contributed by atoms with Crippen LogP contribution in [0.4, 0.5) is 11.4 Å². The lowest BCUT2D eigenvalue weighted by Gasteiger charge is -2.30. The van der Waals surface area contributed by atoms with Crippen molar-refractivity contribution < 1.29 is 15.0 Å². The Morgan fingerprint density at radius 2 is 2.00 bits per heavy atom. The Bertz CT molecular complexity index is 516. The minimum absolute atomic E-state index is 0.139. The third kappa shape index (κ3) is 3.67. The van der Waals surface area contributed by atoms with Gasteiger partial charge in [-0.25, -0.2) is 4.79 Å². The molecule has 116 valence electrons. The lowest BCUT2D eigenvalue weighted by atomic mass is 9.79. The number of nitrogens with two attached hydrogens (primary N) is 1. The van der Waals surface area contributed by atoms with Gasteiger partial charge in [0.1, 0.15) is 0 Å². The number of aliphatic hydroxyl groups excluding tert-OH is 1. The molecule has 5 nitrogen and oxygen atoms in total. The van der Waals surface area contributed by atoms with Crippen LogP contribution in [0.15, 0.2) is 12.1 Å². The van der Waals surface area contributed by atoms with Crippen LogP contribution in [-0.4, -0.2) is 29.3 Å². The van der Waals surface area contributed by atoms with Gasteiger partial charge in [-0.15, -0.1) is 0 Å². The number of nitrogen functional groups attached to an aromatic ring is 1. The first-order valence-electron chi connectivity index (χ1n) is 7.51. The number of carboxylic acids is 1. The van der Waals surface area contributed by atoms with E-state index < -0.39 is 5.97 Å². The maximum absolute atomic E-state index is 11.2. The Labute approximate surface area is 125 Å². The molecule has 0 heterocycles. The summed E-state index contributed by atoms with van der Waals surface area (Å²) in [5.74, 6) is -0.222. The van der Waals surface area contributed by atoms with E-state index in [-0.39, 0.29) is 12.2 Å². The highest BCUT2D eigenvalue weighted by atomic mass is 16.4. The molecule has 1 aliphatic carbocycles. The summed E-state index contributed by atoms with van der Waals surface area (Å²) in [7, 11) is 0. The third-order valence-electron chi connectivity index (χ3n) is 4.49. The largest absolute Gasteiger partial charge is 0.478 e. The number of hydrogen-bond acceptors (Lipinski definition) is 4. The predicted molar refractivity (Wildman–Crippen MR) is 83.6 cm³/mol. The van der Waals surface area contributed by atoms with Gasteiger partial charge in [0.05, 0.1) is 5.56 Å². The van der Waals surface area contributed by atoms with Gasteiger partial charge >= 0.3 is 5.97 Å². The molecule has 0 saturated heterocycles. The fraction of sp³-hybridized carbons (Fsp3) is 0.562. The number of carbonyl (C=O) groups is 1. The first-order chi connectivity index (χ1) is 10.0. The molecule has 0 aromatic heterocycles. The highest BCUT2D eigenvalue weighted by Crippen LogP contribution is 2.30. The number of aryl methyl sites for hydroxylation is 1. The smallest absolute Gasteiger partial charge is 0.337 e. The van der Waals surface area contributed by atoms with E-state index in [1.54, 1.807) is 6.07 Å². The second-order valence-corrected chi connectivity index (χ2v) is 5.93. The summed E-state index contributed by atoms with van der Waals surface area (Å²) in [4.78, 5) is 11.2. The lowest BCUT2D eigenvalue weighted by molar-refractivity contribution is 0.0698. The number of nitrogens with one attached hydrogen (secondary N) is 1. The van der Waals surface area contributed by atoms with E-state index in [4.69, 9.17) is 5.73 Å². The van der Waals surface area contributed by atoms with Crippen LogP contribution in [0.25, 0.3) is 0 Å². The first kappa shape index (κ1) is 15.6. The summed E-state index contributed by atoms with van der Waals surface area (Å²) >= 11 is 0. The quantitative estimate of drug-likeness (QED) is 0.625. The normalized spacial score (nSPS) is 22.0. The number of benzene rings is 1. The molecule has 21 heavy (non-hydrogen) atoms. The Balaban J connectivity index is 2.07. The molecule has 2 rings (SSSR count). The van der Waals surface area contributed by atoms with E-state index in [2.05, 4.69) is 5.32 Å². The van der Waals surface area contributed by atoms with E-state index in [9.17, 15) is 15.0 Å². The molecule has 2 atom stereocenters. The zero-order chi connectivity index (χ0) is 15.4. The van der Waals surface area contributed by atoms with E-state index in [1.807, 2.05) is 13.0 Å². The summed E-state index contributed by atoms with van der Waals surface area (Å²) < 4.78 is 0. The molecule has 5 heteroatoms. The van der Waals surface area contributed by atoms with Crippen molar-refractivity contribution in [3.63, 3.8) is 0 Å². The summed E-state index contributed by atoms with van der Waals surface area (Å²) in [6.45, 7) is 2.80. The number of aliphatic hydroxyl groups is 1. The van der Waals surface area contributed by atoms with Gasteiger partial charge in [0.25, 0.3) is 0 Å². The number of rotatable bonds is 5. The van der Waals surface area contributed by atoms with Crippen LogP contribution >= 0.6 is 0 Å². The minimum Gasteiger partial charge on any atom is -0.478 e. The topological polar surface area (TPSA) is 95.6 Å². The molecular formula is C16H24N2O3. The fourth-order valence-corrected chi connectivity index (χ4v) is 3.12. The van der Waals surface area contributed by atoms with Crippen molar-refractivity contribution in [3.05, 3.63) is 23.3 Å². The molecule has 1 aromatic carbocycles.